The van der Waals surface area contributed by atoms with Gasteiger partial charge in [-0.3, -0.25) is 15.5 Å². The lowest BCUT2D eigenvalue weighted by Gasteiger charge is -2.32. The van der Waals surface area contributed by atoms with Crippen LogP contribution in [-0.4, -0.2) is 36.0 Å². The van der Waals surface area contributed by atoms with Gasteiger partial charge in [0.15, 0.2) is 0 Å². The highest BCUT2D eigenvalue weighted by atomic mass is 19.1. The number of amides is 1. The number of hydrogen-bond donors (Lipinski definition) is 3. The van der Waals surface area contributed by atoms with Crippen molar-refractivity contribution in [2.75, 3.05) is 13.1 Å². The SMILES string of the molecule is O=C1NC(N2CCCC2c2cccc(F)c2)=NC2NNCC12. The summed E-state index contributed by atoms with van der Waals surface area (Å²) in [7, 11) is 0. The third-order valence-corrected chi connectivity index (χ3v) is 4.54. The molecule has 0 bridgehead atoms. The number of hydrogen-bond acceptors (Lipinski definition) is 5. The van der Waals surface area contributed by atoms with E-state index in [9.17, 15) is 9.18 Å². The maximum atomic E-state index is 13.5. The van der Waals surface area contributed by atoms with Gasteiger partial charge in [0.25, 0.3) is 0 Å². The number of nitrogens with one attached hydrogen (secondary N) is 3. The average molecular weight is 303 g/mol. The molecule has 0 aliphatic carbocycles. The molecule has 3 aliphatic rings. The van der Waals surface area contributed by atoms with Gasteiger partial charge in [-0.25, -0.2) is 14.8 Å². The van der Waals surface area contributed by atoms with Crippen molar-refractivity contribution in [2.24, 2.45) is 10.9 Å². The summed E-state index contributed by atoms with van der Waals surface area (Å²) >= 11 is 0. The van der Waals surface area contributed by atoms with E-state index in [4.69, 9.17) is 0 Å². The van der Waals surface area contributed by atoms with Gasteiger partial charge in [-0.2, -0.15) is 0 Å². The molecule has 1 aromatic rings. The molecule has 3 heterocycles. The number of nitrogens with zero attached hydrogens (tertiary/aromatic N) is 2. The molecule has 6 nitrogen and oxygen atoms in total. The van der Waals surface area contributed by atoms with Gasteiger partial charge in [0.1, 0.15) is 12.0 Å². The van der Waals surface area contributed by atoms with Gasteiger partial charge in [-0.05, 0) is 30.5 Å². The quantitative estimate of drug-likeness (QED) is 0.707. The minimum Gasteiger partial charge on any atom is -0.336 e. The average Bonchev–Trinajstić information content (AvgIpc) is 3.16. The number of hydrazine groups is 1. The first-order valence-electron chi connectivity index (χ1n) is 7.61. The lowest BCUT2D eigenvalue weighted by molar-refractivity contribution is -0.124. The van der Waals surface area contributed by atoms with E-state index in [1.807, 2.05) is 6.07 Å². The van der Waals surface area contributed by atoms with Crippen molar-refractivity contribution in [2.45, 2.75) is 25.0 Å². The second-order valence-electron chi connectivity index (χ2n) is 5.92. The van der Waals surface area contributed by atoms with Gasteiger partial charge >= 0.3 is 0 Å². The standard InChI is InChI=1S/C15H18FN5O/c16-10-4-1-3-9(7-10)12-5-2-6-21(12)15-18-13-11(8-17-20-13)14(22)19-15/h1,3-4,7,11-13,17,20H,2,5-6,8H2,(H,18,19,22). The summed E-state index contributed by atoms with van der Waals surface area (Å²) in [6.45, 7) is 1.39. The molecular formula is C15H18FN5O. The number of benzene rings is 1. The Morgan fingerprint density at radius 2 is 2.27 bits per heavy atom. The lowest BCUT2D eigenvalue weighted by Crippen LogP contribution is -2.53. The molecule has 1 amide bonds. The second-order valence-corrected chi connectivity index (χ2v) is 5.92. The summed E-state index contributed by atoms with van der Waals surface area (Å²) in [5.74, 6) is 0.172. The largest absolute Gasteiger partial charge is 0.336 e. The van der Waals surface area contributed by atoms with Gasteiger partial charge in [0.05, 0.1) is 12.0 Å². The van der Waals surface area contributed by atoms with Gasteiger partial charge in [0.2, 0.25) is 11.9 Å². The maximum Gasteiger partial charge on any atom is 0.234 e. The van der Waals surface area contributed by atoms with Crippen LogP contribution in [0.2, 0.25) is 0 Å². The van der Waals surface area contributed by atoms with Crippen LogP contribution < -0.4 is 16.2 Å². The van der Waals surface area contributed by atoms with E-state index in [1.54, 1.807) is 12.1 Å². The van der Waals surface area contributed by atoms with E-state index < -0.39 is 0 Å². The van der Waals surface area contributed by atoms with E-state index in [2.05, 4.69) is 26.1 Å². The van der Waals surface area contributed by atoms with Crippen LogP contribution in [0.15, 0.2) is 29.3 Å². The fraction of sp³-hybridized carbons (Fsp3) is 0.467. The van der Waals surface area contributed by atoms with Crippen LogP contribution in [0, 0.1) is 11.7 Å². The summed E-state index contributed by atoms with van der Waals surface area (Å²) in [4.78, 5) is 18.9. The van der Waals surface area contributed by atoms with Crippen LogP contribution in [-0.2, 0) is 4.79 Å². The zero-order valence-electron chi connectivity index (χ0n) is 12.1. The number of halogens is 1. The first kappa shape index (κ1) is 13.7. The Morgan fingerprint density at radius 3 is 3.14 bits per heavy atom. The van der Waals surface area contributed by atoms with E-state index >= 15 is 0 Å². The van der Waals surface area contributed by atoms with Crippen LogP contribution in [0.5, 0.6) is 0 Å². The zero-order valence-corrected chi connectivity index (χ0v) is 12.1. The number of fused-ring (bicyclic) bond motifs is 1. The smallest absolute Gasteiger partial charge is 0.234 e. The number of carbonyl (C=O) groups is 1. The number of carbonyl (C=O) groups excluding carboxylic acids is 1. The fourth-order valence-corrected chi connectivity index (χ4v) is 3.44. The Bertz CT molecular complexity index is 634. The fourth-order valence-electron chi connectivity index (χ4n) is 3.44. The zero-order chi connectivity index (χ0) is 15.1. The molecule has 2 fully saturated rings. The summed E-state index contributed by atoms with van der Waals surface area (Å²) < 4.78 is 13.5. The van der Waals surface area contributed by atoms with Crippen molar-refractivity contribution >= 4 is 11.9 Å². The van der Waals surface area contributed by atoms with Crippen LogP contribution in [0.1, 0.15) is 24.4 Å². The van der Waals surface area contributed by atoms with Gasteiger partial charge in [-0.1, -0.05) is 12.1 Å². The third-order valence-electron chi connectivity index (χ3n) is 4.54. The van der Waals surface area contributed by atoms with E-state index in [-0.39, 0.29) is 29.8 Å². The molecule has 0 aromatic heterocycles. The number of guanidine groups is 1. The molecule has 0 saturated carbocycles. The summed E-state index contributed by atoms with van der Waals surface area (Å²) in [6.07, 6.45) is 1.70. The highest BCUT2D eigenvalue weighted by Crippen LogP contribution is 2.33. The van der Waals surface area contributed by atoms with E-state index in [0.29, 0.717) is 12.5 Å². The lowest BCUT2D eigenvalue weighted by atomic mass is 10.0. The van der Waals surface area contributed by atoms with Gasteiger partial charge in [-0.15, -0.1) is 0 Å². The maximum absolute atomic E-state index is 13.5. The Hall–Kier alpha value is -1.99. The van der Waals surface area contributed by atoms with Crippen LogP contribution in [0.25, 0.3) is 0 Å². The Kier molecular flexibility index (Phi) is 3.31. The first-order chi connectivity index (χ1) is 10.7. The molecule has 1 aromatic carbocycles. The Morgan fingerprint density at radius 1 is 1.36 bits per heavy atom. The molecule has 3 N–H and O–H groups in total. The molecule has 22 heavy (non-hydrogen) atoms. The molecule has 7 heteroatoms. The van der Waals surface area contributed by atoms with E-state index in [1.165, 1.54) is 6.07 Å². The molecule has 3 atom stereocenters. The van der Waals surface area contributed by atoms with Crippen LogP contribution in [0.3, 0.4) is 0 Å². The van der Waals surface area contributed by atoms with Crippen LogP contribution in [0.4, 0.5) is 4.39 Å². The van der Waals surface area contributed by atoms with Gasteiger partial charge < -0.3 is 4.90 Å². The number of likely N-dealkylation sites (tertiary alicyclic amines) is 1. The molecule has 0 radical (unpaired) electrons. The second kappa shape index (κ2) is 5.33. The van der Waals surface area contributed by atoms with Crippen molar-refractivity contribution in [3.8, 4) is 0 Å². The monoisotopic (exact) mass is 303 g/mol. The highest BCUT2D eigenvalue weighted by Gasteiger charge is 2.40. The predicted molar refractivity (Wildman–Crippen MR) is 79.1 cm³/mol. The van der Waals surface area contributed by atoms with Crippen molar-refractivity contribution in [1.29, 1.82) is 0 Å². The van der Waals surface area contributed by atoms with Crippen LogP contribution >= 0.6 is 0 Å². The number of rotatable bonds is 1. The van der Waals surface area contributed by atoms with Gasteiger partial charge in [0, 0.05) is 13.1 Å². The topological polar surface area (TPSA) is 68.8 Å². The Balaban J connectivity index is 1.62. The normalized spacial score (nSPS) is 31.0. The van der Waals surface area contributed by atoms with Crippen molar-refractivity contribution in [3.05, 3.63) is 35.6 Å². The molecular weight excluding hydrogens is 285 g/mol. The first-order valence-corrected chi connectivity index (χ1v) is 7.61. The van der Waals surface area contributed by atoms with Crippen molar-refractivity contribution < 1.29 is 9.18 Å². The molecule has 116 valence electrons. The molecule has 3 unspecified atom stereocenters. The predicted octanol–water partition coefficient (Wildman–Crippen LogP) is 0.498. The summed E-state index contributed by atoms with van der Waals surface area (Å²) in [6, 6.07) is 6.71. The summed E-state index contributed by atoms with van der Waals surface area (Å²) in [5.41, 5.74) is 6.92. The molecule has 0 spiro atoms. The summed E-state index contributed by atoms with van der Waals surface area (Å²) in [5, 5.41) is 2.91. The minimum atomic E-state index is -0.235. The van der Waals surface area contributed by atoms with E-state index in [0.717, 1.165) is 24.9 Å². The van der Waals surface area contributed by atoms with Crippen molar-refractivity contribution in [1.82, 2.24) is 21.1 Å². The molecule has 2 saturated heterocycles. The Labute approximate surface area is 127 Å². The molecule has 4 rings (SSSR count). The molecule has 3 aliphatic heterocycles. The number of aliphatic imine (C=N–C) groups is 1. The highest BCUT2D eigenvalue weighted by molar-refractivity contribution is 6.00. The van der Waals surface area contributed by atoms with Crippen molar-refractivity contribution in [3.63, 3.8) is 0 Å². The minimum absolute atomic E-state index is 0.0163. The third kappa shape index (κ3) is 2.26.